The van der Waals surface area contributed by atoms with Crippen molar-refractivity contribution in [2.24, 2.45) is 0 Å². The first-order valence-electron chi connectivity index (χ1n) is 5.20. The molecule has 2 rings (SSSR count). The second-order valence-electron chi connectivity index (χ2n) is 3.81. The van der Waals surface area contributed by atoms with E-state index >= 15 is 0 Å². The maximum atomic E-state index is 10.9. The molecule has 20 heavy (non-hydrogen) atoms. The number of carboxylic acid groups (broad SMARTS) is 1. The third kappa shape index (κ3) is 4.19. The zero-order valence-corrected chi connectivity index (χ0v) is 13.4. The zero-order chi connectivity index (χ0) is 14.0. The molecule has 0 radical (unpaired) electrons. The predicted molar refractivity (Wildman–Crippen MR) is 65.0 cm³/mol. The van der Waals surface area contributed by atoms with Gasteiger partial charge in [0, 0.05) is 0 Å². The average Bonchev–Trinajstić information content (AvgIpc) is 2.34. The SMILES string of the molecule is O=C(O)COc1ccc2cc(S(=O)(=O)[O-])ccc2c1.[Na+]. The third-order valence-corrected chi connectivity index (χ3v) is 3.27. The van der Waals surface area contributed by atoms with Crippen molar-refractivity contribution >= 4 is 26.9 Å². The molecule has 0 saturated carbocycles. The molecule has 1 N–H and O–H groups in total. The fourth-order valence-corrected chi connectivity index (χ4v) is 2.10. The first-order chi connectivity index (χ1) is 8.86. The monoisotopic (exact) mass is 304 g/mol. The van der Waals surface area contributed by atoms with E-state index in [1.807, 2.05) is 0 Å². The van der Waals surface area contributed by atoms with E-state index in [2.05, 4.69) is 0 Å². The van der Waals surface area contributed by atoms with Crippen molar-refractivity contribution in [2.75, 3.05) is 6.61 Å². The van der Waals surface area contributed by atoms with Crippen molar-refractivity contribution < 1.29 is 57.2 Å². The van der Waals surface area contributed by atoms with Gasteiger partial charge in [0.15, 0.2) is 6.61 Å². The summed E-state index contributed by atoms with van der Waals surface area (Å²) in [4.78, 5) is 10.1. The van der Waals surface area contributed by atoms with Crippen LogP contribution in [0.3, 0.4) is 0 Å². The average molecular weight is 304 g/mol. The number of benzene rings is 2. The smallest absolute Gasteiger partial charge is 0.744 e. The van der Waals surface area contributed by atoms with Gasteiger partial charge in [-0.1, -0.05) is 12.1 Å². The molecule has 100 valence electrons. The van der Waals surface area contributed by atoms with Gasteiger partial charge in [-0.25, -0.2) is 13.2 Å². The Morgan fingerprint density at radius 2 is 1.75 bits per heavy atom. The number of aliphatic carboxylic acids is 1. The van der Waals surface area contributed by atoms with E-state index in [1.165, 1.54) is 24.3 Å². The molecule has 0 amide bonds. The maximum Gasteiger partial charge on any atom is 1.00 e. The van der Waals surface area contributed by atoms with Crippen molar-refractivity contribution in [3.8, 4) is 5.75 Å². The molecule has 0 heterocycles. The molecule has 6 nitrogen and oxygen atoms in total. The molecule has 2 aromatic rings. The number of hydrogen-bond acceptors (Lipinski definition) is 5. The molecule has 0 fully saturated rings. The molecule has 0 aromatic heterocycles. The minimum absolute atomic E-state index is 0. The Morgan fingerprint density at radius 1 is 1.15 bits per heavy atom. The molecule has 8 heteroatoms. The van der Waals surface area contributed by atoms with Gasteiger partial charge in [-0.2, -0.15) is 0 Å². The van der Waals surface area contributed by atoms with Crippen molar-refractivity contribution in [3.63, 3.8) is 0 Å². The molecule has 0 saturated heterocycles. The second kappa shape index (κ2) is 6.55. The third-order valence-electron chi connectivity index (χ3n) is 2.43. The van der Waals surface area contributed by atoms with Crippen molar-refractivity contribution in [1.29, 1.82) is 0 Å². The van der Waals surface area contributed by atoms with Gasteiger partial charge >= 0.3 is 35.5 Å². The van der Waals surface area contributed by atoms with Crippen LogP contribution in [0.4, 0.5) is 0 Å². The summed E-state index contributed by atoms with van der Waals surface area (Å²) in [6, 6.07) is 8.56. The number of hydrogen-bond donors (Lipinski definition) is 1. The topological polar surface area (TPSA) is 104 Å². The molecular weight excluding hydrogens is 295 g/mol. The van der Waals surface area contributed by atoms with E-state index < -0.39 is 22.7 Å². The Hall–Kier alpha value is -1.12. The minimum Gasteiger partial charge on any atom is -0.744 e. The molecule has 0 aliphatic heterocycles. The van der Waals surface area contributed by atoms with Crippen LogP contribution in [0.25, 0.3) is 10.8 Å². The van der Waals surface area contributed by atoms with Crippen LogP contribution in [0.15, 0.2) is 41.3 Å². The van der Waals surface area contributed by atoms with Gasteiger partial charge < -0.3 is 14.4 Å². The van der Waals surface area contributed by atoms with E-state index in [4.69, 9.17) is 9.84 Å². The van der Waals surface area contributed by atoms with Gasteiger partial charge in [0.25, 0.3) is 0 Å². The van der Waals surface area contributed by atoms with Gasteiger partial charge in [-0.05, 0) is 35.0 Å². The summed E-state index contributed by atoms with van der Waals surface area (Å²) in [5, 5.41) is 9.69. The Balaban J connectivity index is 0.00000200. The summed E-state index contributed by atoms with van der Waals surface area (Å²) in [5.41, 5.74) is 0. The van der Waals surface area contributed by atoms with Gasteiger partial charge in [-0.15, -0.1) is 0 Å². The Morgan fingerprint density at radius 3 is 2.35 bits per heavy atom. The van der Waals surface area contributed by atoms with Crippen LogP contribution in [-0.2, 0) is 14.9 Å². The fraction of sp³-hybridized carbons (Fsp3) is 0.0833. The maximum absolute atomic E-state index is 10.9. The number of carbonyl (C=O) groups is 1. The molecule has 0 atom stereocenters. The number of carboxylic acids is 1. The van der Waals surface area contributed by atoms with E-state index in [1.54, 1.807) is 12.1 Å². The summed E-state index contributed by atoms with van der Waals surface area (Å²) in [6.07, 6.45) is 0. The summed E-state index contributed by atoms with van der Waals surface area (Å²) in [7, 11) is -4.48. The second-order valence-corrected chi connectivity index (χ2v) is 5.19. The van der Waals surface area contributed by atoms with Crippen molar-refractivity contribution in [2.45, 2.75) is 4.90 Å². The van der Waals surface area contributed by atoms with Crippen molar-refractivity contribution in [1.82, 2.24) is 0 Å². The summed E-state index contributed by atoms with van der Waals surface area (Å²) >= 11 is 0. The van der Waals surface area contributed by atoms with E-state index in [0.717, 1.165) is 0 Å². The number of rotatable bonds is 4. The van der Waals surface area contributed by atoms with Crippen LogP contribution in [-0.4, -0.2) is 30.7 Å². The molecular formula is C12H9NaO6S. The zero-order valence-electron chi connectivity index (χ0n) is 10.6. The van der Waals surface area contributed by atoms with Crippen LogP contribution in [0.5, 0.6) is 5.75 Å². The van der Waals surface area contributed by atoms with Crippen LogP contribution in [0, 0.1) is 0 Å². The normalized spacial score (nSPS) is 10.8. The summed E-state index contributed by atoms with van der Waals surface area (Å²) in [5.74, 6) is -0.736. The number of ether oxygens (including phenoxy) is 1. The van der Waals surface area contributed by atoms with Gasteiger partial charge in [-0.3, -0.25) is 0 Å². The molecule has 2 aromatic carbocycles. The Bertz CT molecular complexity index is 741. The Labute approximate surface area is 137 Å². The summed E-state index contributed by atoms with van der Waals surface area (Å²) < 4.78 is 37.6. The van der Waals surface area contributed by atoms with Crippen LogP contribution >= 0.6 is 0 Å². The van der Waals surface area contributed by atoms with Crippen LogP contribution < -0.4 is 34.3 Å². The molecule has 0 bridgehead atoms. The van der Waals surface area contributed by atoms with E-state index in [9.17, 15) is 17.8 Å². The predicted octanol–water partition coefficient (Wildman–Crippen LogP) is -1.79. The molecule has 0 aliphatic carbocycles. The van der Waals surface area contributed by atoms with Crippen molar-refractivity contribution in [3.05, 3.63) is 36.4 Å². The largest absolute Gasteiger partial charge is 1.00 e. The fourth-order valence-electron chi connectivity index (χ4n) is 1.59. The molecule has 0 spiro atoms. The number of fused-ring (bicyclic) bond motifs is 1. The summed E-state index contributed by atoms with van der Waals surface area (Å²) in [6.45, 7) is -0.460. The first kappa shape index (κ1) is 16.9. The molecule has 0 aliphatic rings. The Kier molecular flexibility index (Phi) is 5.55. The standard InChI is InChI=1S/C12H10O6S.Na/c13-12(14)7-18-10-3-1-9-6-11(19(15,16)17)4-2-8(9)5-10;/h1-6H,7H2,(H,13,14)(H,15,16,17);/q;+1/p-1. The van der Waals surface area contributed by atoms with E-state index in [-0.39, 0.29) is 34.5 Å². The first-order valence-corrected chi connectivity index (χ1v) is 6.61. The van der Waals surface area contributed by atoms with E-state index in [0.29, 0.717) is 16.5 Å². The van der Waals surface area contributed by atoms with Crippen LogP contribution in [0.2, 0.25) is 0 Å². The van der Waals surface area contributed by atoms with Crippen LogP contribution in [0.1, 0.15) is 0 Å². The van der Waals surface area contributed by atoms with Gasteiger partial charge in [0.2, 0.25) is 0 Å². The quantitative estimate of drug-likeness (QED) is 0.528. The van der Waals surface area contributed by atoms with Gasteiger partial charge in [0.1, 0.15) is 15.9 Å². The molecule has 0 unspecified atom stereocenters. The van der Waals surface area contributed by atoms with Gasteiger partial charge in [0.05, 0.1) is 4.90 Å². The minimum atomic E-state index is -4.48.